The third-order valence-corrected chi connectivity index (χ3v) is 4.53. The van der Waals surface area contributed by atoms with Crippen molar-refractivity contribution in [3.8, 4) is 5.75 Å². The predicted molar refractivity (Wildman–Crippen MR) is 83.8 cm³/mol. The van der Waals surface area contributed by atoms with Crippen molar-refractivity contribution in [3.63, 3.8) is 0 Å². The molecule has 5 nitrogen and oxygen atoms in total. The van der Waals surface area contributed by atoms with Crippen LogP contribution in [0.1, 0.15) is 23.4 Å². The highest BCUT2D eigenvalue weighted by molar-refractivity contribution is 7.10. The number of ether oxygens (including phenoxy) is 1. The van der Waals surface area contributed by atoms with Crippen molar-refractivity contribution in [2.45, 2.75) is 19.5 Å². The van der Waals surface area contributed by atoms with Crippen LogP contribution in [-0.4, -0.2) is 24.0 Å². The second-order valence-electron chi connectivity index (χ2n) is 4.87. The molecule has 1 unspecified atom stereocenters. The second kappa shape index (κ2) is 6.69. The minimum atomic E-state index is -0.412. The van der Waals surface area contributed by atoms with Gasteiger partial charge in [-0.2, -0.15) is 0 Å². The number of hydrogen-bond acceptors (Lipinski definition) is 5. The molecule has 6 heteroatoms. The van der Waals surface area contributed by atoms with Gasteiger partial charge in [-0.25, -0.2) is 0 Å². The number of nitro groups is 1. The summed E-state index contributed by atoms with van der Waals surface area (Å²) in [5, 5.41) is 13.1. The largest absolute Gasteiger partial charge is 0.490 e. The molecule has 0 fully saturated rings. The van der Waals surface area contributed by atoms with Gasteiger partial charge in [-0.15, -0.1) is 11.3 Å². The van der Waals surface area contributed by atoms with Gasteiger partial charge in [0.05, 0.1) is 12.0 Å². The van der Waals surface area contributed by atoms with E-state index in [0.29, 0.717) is 6.54 Å². The van der Waals surface area contributed by atoms with Crippen molar-refractivity contribution in [2.75, 3.05) is 14.2 Å². The molecule has 1 aromatic carbocycles. The van der Waals surface area contributed by atoms with Gasteiger partial charge in [-0.1, -0.05) is 12.1 Å². The van der Waals surface area contributed by atoms with E-state index in [-0.39, 0.29) is 17.5 Å². The van der Waals surface area contributed by atoms with E-state index in [2.05, 4.69) is 23.3 Å². The van der Waals surface area contributed by atoms with E-state index in [1.807, 2.05) is 19.2 Å². The summed E-state index contributed by atoms with van der Waals surface area (Å²) in [5.41, 5.74) is 0.903. The van der Waals surface area contributed by atoms with Crippen molar-refractivity contribution in [1.82, 2.24) is 4.90 Å². The van der Waals surface area contributed by atoms with Crippen LogP contribution in [0.15, 0.2) is 35.7 Å². The molecule has 1 atom stereocenters. The molecule has 2 aromatic rings. The molecule has 0 saturated heterocycles. The molecule has 1 heterocycles. The van der Waals surface area contributed by atoms with Gasteiger partial charge in [0, 0.05) is 23.5 Å². The quantitative estimate of drug-likeness (QED) is 0.600. The molecule has 2 rings (SSSR count). The molecule has 0 amide bonds. The lowest BCUT2D eigenvalue weighted by atomic mass is 10.1. The van der Waals surface area contributed by atoms with Crippen LogP contribution in [0.3, 0.4) is 0 Å². The van der Waals surface area contributed by atoms with Crippen molar-refractivity contribution >= 4 is 17.0 Å². The number of methoxy groups -OCH3 is 1. The van der Waals surface area contributed by atoms with E-state index in [9.17, 15) is 10.1 Å². The number of nitro benzene ring substituents is 1. The first-order valence-corrected chi connectivity index (χ1v) is 7.46. The van der Waals surface area contributed by atoms with Gasteiger partial charge in [-0.3, -0.25) is 15.0 Å². The molecule has 112 valence electrons. The first-order chi connectivity index (χ1) is 10.0. The molecular formula is C15H18N2O3S. The maximum atomic E-state index is 11.1. The predicted octanol–water partition coefficient (Wildman–Crippen LogP) is 3.86. The maximum Gasteiger partial charge on any atom is 0.311 e. The van der Waals surface area contributed by atoms with E-state index in [0.717, 1.165) is 5.56 Å². The van der Waals surface area contributed by atoms with Crippen LogP contribution in [0.5, 0.6) is 5.75 Å². The van der Waals surface area contributed by atoms with Gasteiger partial charge in [0.2, 0.25) is 0 Å². The normalized spacial score (nSPS) is 12.4. The average molecular weight is 306 g/mol. The molecule has 0 spiro atoms. The summed E-state index contributed by atoms with van der Waals surface area (Å²) in [5.74, 6) is 0.290. The van der Waals surface area contributed by atoms with E-state index in [1.165, 1.54) is 12.0 Å². The molecule has 0 N–H and O–H groups in total. The fraction of sp³-hybridized carbons (Fsp3) is 0.333. The van der Waals surface area contributed by atoms with Gasteiger partial charge in [0.25, 0.3) is 0 Å². The van der Waals surface area contributed by atoms with Crippen LogP contribution in [-0.2, 0) is 6.54 Å². The maximum absolute atomic E-state index is 11.1. The van der Waals surface area contributed by atoms with E-state index in [4.69, 9.17) is 4.74 Å². The van der Waals surface area contributed by atoms with Gasteiger partial charge < -0.3 is 4.74 Å². The summed E-state index contributed by atoms with van der Waals surface area (Å²) >= 11 is 1.71. The highest BCUT2D eigenvalue weighted by Crippen LogP contribution is 2.29. The smallest absolute Gasteiger partial charge is 0.311 e. The van der Waals surface area contributed by atoms with Gasteiger partial charge >= 0.3 is 5.69 Å². The second-order valence-corrected chi connectivity index (χ2v) is 5.85. The van der Waals surface area contributed by atoms with Crippen LogP contribution in [0.2, 0.25) is 0 Å². The zero-order chi connectivity index (χ0) is 15.4. The molecule has 0 radical (unpaired) electrons. The Labute approximate surface area is 127 Å². The number of thiophene rings is 1. The minimum Gasteiger partial charge on any atom is -0.490 e. The zero-order valence-electron chi connectivity index (χ0n) is 12.3. The Kier molecular flexibility index (Phi) is 4.93. The lowest BCUT2D eigenvalue weighted by Crippen LogP contribution is -2.21. The van der Waals surface area contributed by atoms with Crippen LogP contribution in [0.4, 0.5) is 5.69 Å². The summed E-state index contributed by atoms with van der Waals surface area (Å²) in [4.78, 5) is 14.1. The van der Waals surface area contributed by atoms with Crippen LogP contribution >= 0.6 is 11.3 Å². The Morgan fingerprint density at radius 1 is 1.43 bits per heavy atom. The third-order valence-electron chi connectivity index (χ3n) is 3.49. The number of benzene rings is 1. The first kappa shape index (κ1) is 15.5. The number of rotatable bonds is 6. The molecule has 0 aliphatic heterocycles. The monoisotopic (exact) mass is 306 g/mol. The summed E-state index contributed by atoms with van der Waals surface area (Å²) < 4.78 is 5.02. The van der Waals surface area contributed by atoms with E-state index in [1.54, 1.807) is 23.5 Å². The third kappa shape index (κ3) is 3.59. The minimum absolute atomic E-state index is 0.00665. The first-order valence-electron chi connectivity index (χ1n) is 6.58. The molecule has 0 saturated carbocycles. The topological polar surface area (TPSA) is 55.6 Å². The lowest BCUT2D eigenvalue weighted by Gasteiger charge is -2.23. The lowest BCUT2D eigenvalue weighted by molar-refractivity contribution is -0.385. The molecular weight excluding hydrogens is 288 g/mol. The van der Waals surface area contributed by atoms with Crippen molar-refractivity contribution in [2.24, 2.45) is 0 Å². The Morgan fingerprint density at radius 2 is 2.19 bits per heavy atom. The van der Waals surface area contributed by atoms with Crippen molar-refractivity contribution in [1.29, 1.82) is 0 Å². The van der Waals surface area contributed by atoms with E-state index >= 15 is 0 Å². The van der Waals surface area contributed by atoms with Gasteiger partial charge in [-0.05, 0) is 37.0 Å². The van der Waals surface area contributed by atoms with Crippen molar-refractivity contribution in [3.05, 3.63) is 56.3 Å². The highest BCUT2D eigenvalue weighted by Gasteiger charge is 2.18. The fourth-order valence-corrected chi connectivity index (χ4v) is 3.00. The fourth-order valence-electron chi connectivity index (χ4n) is 2.15. The van der Waals surface area contributed by atoms with Gasteiger partial charge in [0.15, 0.2) is 5.75 Å². The summed E-state index contributed by atoms with van der Waals surface area (Å²) in [7, 11) is 3.45. The number of hydrogen-bond donors (Lipinski definition) is 0. The molecule has 1 aromatic heterocycles. The summed E-state index contributed by atoms with van der Waals surface area (Å²) in [6.45, 7) is 2.77. The number of nitrogens with zero attached hydrogens (tertiary/aromatic N) is 2. The zero-order valence-corrected chi connectivity index (χ0v) is 13.1. The molecule has 0 bridgehead atoms. The Balaban J connectivity index is 2.16. The molecule has 21 heavy (non-hydrogen) atoms. The van der Waals surface area contributed by atoms with Gasteiger partial charge in [0.1, 0.15) is 0 Å². The molecule has 0 aliphatic rings. The standard InChI is InChI=1S/C15H18N2O3S/c1-11(15-5-4-8-21-15)16(2)10-12-6-7-14(20-3)13(9-12)17(18)19/h4-9,11H,10H2,1-3H3. The summed E-state index contributed by atoms with van der Waals surface area (Å²) in [6, 6.07) is 9.49. The Morgan fingerprint density at radius 3 is 2.76 bits per heavy atom. The van der Waals surface area contributed by atoms with Crippen LogP contribution in [0, 0.1) is 10.1 Å². The Hall–Kier alpha value is -1.92. The van der Waals surface area contributed by atoms with Crippen LogP contribution in [0.25, 0.3) is 0 Å². The average Bonchev–Trinajstić information content (AvgIpc) is 3.00. The summed E-state index contributed by atoms with van der Waals surface area (Å²) in [6.07, 6.45) is 0. The van der Waals surface area contributed by atoms with Crippen LogP contribution < -0.4 is 4.74 Å². The van der Waals surface area contributed by atoms with E-state index < -0.39 is 4.92 Å². The molecule has 0 aliphatic carbocycles. The Bertz CT molecular complexity index is 613. The SMILES string of the molecule is COc1ccc(CN(C)C(C)c2cccs2)cc1[N+](=O)[O-]. The van der Waals surface area contributed by atoms with Crippen molar-refractivity contribution < 1.29 is 9.66 Å². The highest BCUT2D eigenvalue weighted by atomic mass is 32.1.